The maximum Gasteiger partial charge on any atom is 0.225 e. The predicted molar refractivity (Wildman–Crippen MR) is 63.5 cm³/mol. The van der Waals surface area contributed by atoms with Gasteiger partial charge in [-0.25, -0.2) is 0 Å². The van der Waals surface area contributed by atoms with Crippen LogP contribution in [0.2, 0.25) is 0 Å². The van der Waals surface area contributed by atoms with Crippen LogP contribution in [0.15, 0.2) is 18.3 Å². The van der Waals surface area contributed by atoms with Gasteiger partial charge in [-0.05, 0) is 6.07 Å². The molecule has 90 valence electrons. The molecule has 2 heterocycles. The van der Waals surface area contributed by atoms with Crippen molar-refractivity contribution in [2.24, 2.45) is 7.05 Å². The maximum atomic E-state index is 5.55. The third-order valence-corrected chi connectivity index (χ3v) is 2.30. The number of methoxy groups -OCH3 is 1. The van der Waals surface area contributed by atoms with E-state index in [2.05, 4.69) is 20.4 Å². The second-order valence-corrected chi connectivity index (χ2v) is 3.45. The van der Waals surface area contributed by atoms with E-state index < -0.39 is 0 Å². The second kappa shape index (κ2) is 4.69. The van der Waals surface area contributed by atoms with Gasteiger partial charge in [0, 0.05) is 19.3 Å². The lowest BCUT2D eigenvalue weighted by molar-refractivity contribution is 0.398. The van der Waals surface area contributed by atoms with E-state index in [-0.39, 0.29) is 5.95 Å². The summed E-state index contributed by atoms with van der Waals surface area (Å²) in [7, 11) is 3.42. The standard InChI is InChI=1S/C10H14N6O/c1-16-7(3-4-13-16)6-12-8-5-9(17-2)15-10(11)14-8/h3-5H,6H2,1-2H3,(H3,11,12,14,15). The highest BCUT2D eigenvalue weighted by molar-refractivity contribution is 5.42. The van der Waals surface area contributed by atoms with E-state index in [0.29, 0.717) is 18.2 Å². The molecule has 0 aliphatic carbocycles. The molecule has 0 fully saturated rings. The zero-order chi connectivity index (χ0) is 12.3. The average Bonchev–Trinajstić information content (AvgIpc) is 2.71. The Labute approximate surface area is 98.6 Å². The van der Waals surface area contributed by atoms with Crippen LogP contribution in [0.4, 0.5) is 11.8 Å². The van der Waals surface area contributed by atoms with Crippen LogP contribution in [0.5, 0.6) is 5.88 Å². The fraction of sp³-hybridized carbons (Fsp3) is 0.300. The van der Waals surface area contributed by atoms with Gasteiger partial charge in [0.25, 0.3) is 0 Å². The summed E-state index contributed by atoms with van der Waals surface area (Å²) in [5, 5.41) is 7.21. The van der Waals surface area contributed by atoms with E-state index in [1.165, 1.54) is 7.11 Å². The van der Waals surface area contributed by atoms with Gasteiger partial charge >= 0.3 is 0 Å². The summed E-state index contributed by atoms with van der Waals surface area (Å²) in [5.41, 5.74) is 6.60. The molecular weight excluding hydrogens is 220 g/mol. The Morgan fingerprint density at radius 1 is 1.47 bits per heavy atom. The van der Waals surface area contributed by atoms with Gasteiger partial charge in [0.15, 0.2) is 0 Å². The van der Waals surface area contributed by atoms with Crippen molar-refractivity contribution >= 4 is 11.8 Å². The van der Waals surface area contributed by atoms with E-state index in [4.69, 9.17) is 10.5 Å². The lowest BCUT2D eigenvalue weighted by Crippen LogP contribution is -2.08. The van der Waals surface area contributed by atoms with E-state index in [1.807, 2.05) is 13.1 Å². The molecule has 2 rings (SSSR count). The van der Waals surface area contributed by atoms with Crippen LogP contribution in [-0.2, 0) is 13.6 Å². The number of hydrogen-bond donors (Lipinski definition) is 2. The van der Waals surface area contributed by atoms with Gasteiger partial charge in [-0.2, -0.15) is 15.1 Å². The van der Waals surface area contributed by atoms with Crippen LogP contribution >= 0.6 is 0 Å². The zero-order valence-corrected chi connectivity index (χ0v) is 9.71. The van der Waals surface area contributed by atoms with Gasteiger partial charge in [-0.3, -0.25) is 4.68 Å². The number of aromatic nitrogens is 4. The van der Waals surface area contributed by atoms with Crippen molar-refractivity contribution in [1.82, 2.24) is 19.7 Å². The van der Waals surface area contributed by atoms with E-state index in [1.54, 1.807) is 16.9 Å². The highest BCUT2D eigenvalue weighted by Crippen LogP contribution is 2.14. The lowest BCUT2D eigenvalue weighted by Gasteiger charge is -2.07. The maximum absolute atomic E-state index is 5.55. The van der Waals surface area contributed by atoms with Gasteiger partial charge in [0.05, 0.1) is 19.3 Å². The van der Waals surface area contributed by atoms with Gasteiger partial charge in [-0.15, -0.1) is 0 Å². The third kappa shape index (κ3) is 2.63. The molecule has 0 spiro atoms. The molecule has 2 aromatic rings. The van der Waals surface area contributed by atoms with Crippen LogP contribution < -0.4 is 15.8 Å². The highest BCUT2D eigenvalue weighted by Gasteiger charge is 2.03. The molecule has 3 N–H and O–H groups in total. The molecular formula is C10H14N6O. The third-order valence-electron chi connectivity index (χ3n) is 2.30. The Hall–Kier alpha value is -2.31. The SMILES string of the molecule is COc1cc(NCc2ccnn2C)nc(N)n1. The van der Waals surface area contributed by atoms with Gasteiger partial charge in [-0.1, -0.05) is 0 Å². The molecule has 0 unspecified atom stereocenters. The fourth-order valence-corrected chi connectivity index (χ4v) is 1.39. The number of nitrogens with two attached hydrogens (primary N) is 1. The van der Waals surface area contributed by atoms with Crippen molar-refractivity contribution in [1.29, 1.82) is 0 Å². The van der Waals surface area contributed by atoms with E-state index in [0.717, 1.165) is 5.69 Å². The molecule has 7 heteroatoms. The molecule has 0 atom stereocenters. The van der Waals surface area contributed by atoms with Gasteiger partial charge in [0.2, 0.25) is 11.8 Å². The van der Waals surface area contributed by atoms with Crippen molar-refractivity contribution in [3.05, 3.63) is 24.0 Å². The van der Waals surface area contributed by atoms with Crippen molar-refractivity contribution in [3.63, 3.8) is 0 Å². The number of ether oxygens (including phenoxy) is 1. The number of nitrogen functional groups attached to an aromatic ring is 1. The topological polar surface area (TPSA) is 90.9 Å². The molecule has 0 saturated carbocycles. The minimum Gasteiger partial charge on any atom is -0.481 e. The molecule has 0 aliphatic rings. The van der Waals surface area contributed by atoms with Crippen LogP contribution in [0.3, 0.4) is 0 Å². The van der Waals surface area contributed by atoms with Gasteiger partial charge in [0.1, 0.15) is 5.82 Å². The minimum atomic E-state index is 0.178. The van der Waals surface area contributed by atoms with Crippen molar-refractivity contribution < 1.29 is 4.74 Å². The fourth-order valence-electron chi connectivity index (χ4n) is 1.39. The summed E-state index contributed by atoms with van der Waals surface area (Å²) in [4.78, 5) is 7.96. The number of aryl methyl sites for hydroxylation is 1. The number of anilines is 2. The van der Waals surface area contributed by atoms with Crippen molar-refractivity contribution in [3.8, 4) is 5.88 Å². The molecule has 0 aliphatic heterocycles. The van der Waals surface area contributed by atoms with Crippen LogP contribution in [0, 0.1) is 0 Å². The summed E-state index contributed by atoms with van der Waals surface area (Å²) in [6.45, 7) is 0.607. The lowest BCUT2D eigenvalue weighted by atomic mass is 10.4. The predicted octanol–water partition coefficient (Wildman–Crippen LogP) is 0.413. The second-order valence-electron chi connectivity index (χ2n) is 3.45. The Balaban J connectivity index is 2.09. The first-order valence-electron chi connectivity index (χ1n) is 5.08. The quantitative estimate of drug-likeness (QED) is 0.796. The first-order chi connectivity index (χ1) is 8.19. The molecule has 7 nitrogen and oxygen atoms in total. The summed E-state index contributed by atoms with van der Waals surface area (Å²) in [5.74, 6) is 1.23. The molecule has 17 heavy (non-hydrogen) atoms. The first kappa shape index (κ1) is 11.2. The molecule has 0 aromatic carbocycles. The Morgan fingerprint density at radius 3 is 2.94 bits per heavy atom. The zero-order valence-electron chi connectivity index (χ0n) is 9.71. The average molecular weight is 234 g/mol. The molecule has 0 amide bonds. The number of nitrogens with one attached hydrogen (secondary N) is 1. The molecule has 0 saturated heterocycles. The number of rotatable bonds is 4. The van der Waals surface area contributed by atoms with Gasteiger partial charge < -0.3 is 15.8 Å². The Kier molecular flexibility index (Phi) is 3.08. The van der Waals surface area contributed by atoms with Crippen LogP contribution in [-0.4, -0.2) is 26.9 Å². The molecule has 0 bridgehead atoms. The van der Waals surface area contributed by atoms with E-state index in [9.17, 15) is 0 Å². The summed E-state index contributed by atoms with van der Waals surface area (Å²) < 4.78 is 6.79. The van der Waals surface area contributed by atoms with Crippen molar-refractivity contribution in [2.45, 2.75) is 6.54 Å². The minimum absolute atomic E-state index is 0.178. The summed E-state index contributed by atoms with van der Waals surface area (Å²) >= 11 is 0. The van der Waals surface area contributed by atoms with Crippen LogP contribution in [0.25, 0.3) is 0 Å². The first-order valence-corrected chi connectivity index (χ1v) is 5.08. The molecule has 0 radical (unpaired) electrons. The Morgan fingerprint density at radius 2 is 2.29 bits per heavy atom. The van der Waals surface area contributed by atoms with E-state index >= 15 is 0 Å². The normalized spacial score (nSPS) is 10.2. The summed E-state index contributed by atoms with van der Waals surface area (Å²) in [6.07, 6.45) is 1.74. The Bertz CT molecular complexity index is 509. The largest absolute Gasteiger partial charge is 0.481 e. The van der Waals surface area contributed by atoms with Crippen molar-refractivity contribution in [2.75, 3.05) is 18.2 Å². The molecule has 2 aromatic heterocycles. The number of hydrogen-bond acceptors (Lipinski definition) is 6. The highest BCUT2D eigenvalue weighted by atomic mass is 16.5. The van der Waals surface area contributed by atoms with Crippen LogP contribution in [0.1, 0.15) is 5.69 Å². The smallest absolute Gasteiger partial charge is 0.225 e. The number of nitrogens with zero attached hydrogens (tertiary/aromatic N) is 4. The monoisotopic (exact) mass is 234 g/mol. The summed E-state index contributed by atoms with van der Waals surface area (Å²) in [6, 6.07) is 3.61.